The van der Waals surface area contributed by atoms with Crippen LogP contribution in [0.3, 0.4) is 0 Å². The van der Waals surface area contributed by atoms with Gasteiger partial charge in [-0.3, -0.25) is 9.36 Å². The van der Waals surface area contributed by atoms with E-state index in [0.717, 1.165) is 31.6 Å². The Morgan fingerprint density at radius 2 is 2.29 bits per heavy atom. The van der Waals surface area contributed by atoms with Crippen molar-refractivity contribution in [3.63, 3.8) is 0 Å². The van der Waals surface area contributed by atoms with Crippen molar-refractivity contribution in [3.8, 4) is 0 Å². The maximum Gasteiger partial charge on any atom is 0.326 e. The summed E-state index contributed by atoms with van der Waals surface area (Å²) in [5.74, 6) is 0.569. The molecule has 0 unspecified atom stereocenters. The van der Waals surface area contributed by atoms with Crippen molar-refractivity contribution in [1.82, 2.24) is 19.8 Å². The van der Waals surface area contributed by atoms with Gasteiger partial charge in [-0.15, -0.1) is 0 Å². The van der Waals surface area contributed by atoms with Gasteiger partial charge in [-0.05, 0) is 44.1 Å². The van der Waals surface area contributed by atoms with E-state index in [1.165, 1.54) is 0 Å². The number of H-pyrrole nitrogens is 1. The van der Waals surface area contributed by atoms with Gasteiger partial charge < -0.3 is 15.2 Å². The lowest BCUT2D eigenvalue weighted by atomic mass is 10.1. The van der Waals surface area contributed by atoms with Gasteiger partial charge >= 0.3 is 5.69 Å². The van der Waals surface area contributed by atoms with Crippen LogP contribution in [0.25, 0.3) is 11.0 Å². The number of carbonyl (C=O) groups excluding carboxylic acids is 1. The van der Waals surface area contributed by atoms with Gasteiger partial charge in [-0.25, -0.2) is 4.79 Å². The molecule has 1 aromatic carbocycles. The van der Waals surface area contributed by atoms with Crippen molar-refractivity contribution in [3.05, 3.63) is 34.2 Å². The fraction of sp³-hybridized carbons (Fsp3) is 0.467. The monoisotopic (exact) mass is 288 g/mol. The molecule has 1 fully saturated rings. The average molecular weight is 288 g/mol. The average Bonchev–Trinajstić information content (AvgIpc) is 3.04. The summed E-state index contributed by atoms with van der Waals surface area (Å²) in [6, 6.07) is 5.38. The topological polar surface area (TPSA) is 70.1 Å². The maximum absolute atomic E-state index is 12.5. The molecule has 2 heterocycles. The molecule has 2 N–H and O–H groups in total. The van der Waals surface area contributed by atoms with E-state index in [1.54, 1.807) is 23.7 Å². The van der Waals surface area contributed by atoms with E-state index in [4.69, 9.17) is 0 Å². The highest BCUT2D eigenvalue weighted by Crippen LogP contribution is 2.20. The van der Waals surface area contributed by atoms with Gasteiger partial charge in [-0.1, -0.05) is 0 Å². The van der Waals surface area contributed by atoms with E-state index in [9.17, 15) is 9.59 Å². The third-order valence-electron chi connectivity index (χ3n) is 4.22. The predicted molar refractivity (Wildman–Crippen MR) is 81.5 cm³/mol. The normalized spacial score (nSPS) is 18.6. The van der Waals surface area contributed by atoms with Crippen LogP contribution in [0.5, 0.6) is 0 Å². The van der Waals surface area contributed by atoms with Crippen LogP contribution in [0.15, 0.2) is 23.0 Å². The summed E-state index contributed by atoms with van der Waals surface area (Å²) >= 11 is 0. The number of carbonyl (C=O) groups is 1. The third kappa shape index (κ3) is 2.47. The Hall–Kier alpha value is -2.08. The molecule has 1 saturated heterocycles. The number of hydrogen-bond donors (Lipinski definition) is 2. The number of amides is 1. The van der Waals surface area contributed by atoms with Crippen molar-refractivity contribution in [2.45, 2.75) is 6.42 Å². The van der Waals surface area contributed by atoms with Gasteiger partial charge in [0.15, 0.2) is 0 Å². The molecular weight excluding hydrogens is 268 g/mol. The number of nitrogens with one attached hydrogen (secondary N) is 2. The number of aromatic nitrogens is 2. The van der Waals surface area contributed by atoms with Gasteiger partial charge in [-0.2, -0.15) is 0 Å². The fourth-order valence-corrected chi connectivity index (χ4v) is 3.03. The van der Waals surface area contributed by atoms with Crippen LogP contribution < -0.4 is 11.0 Å². The summed E-state index contributed by atoms with van der Waals surface area (Å²) in [5, 5.41) is 3.16. The van der Waals surface area contributed by atoms with Crippen LogP contribution in [0.2, 0.25) is 0 Å². The fourth-order valence-electron chi connectivity index (χ4n) is 3.03. The van der Waals surface area contributed by atoms with Crippen molar-refractivity contribution >= 4 is 16.9 Å². The number of aryl methyl sites for hydroxylation is 1. The minimum Gasteiger partial charge on any atom is -0.338 e. The van der Waals surface area contributed by atoms with E-state index in [-0.39, 0.29) is 11.6 Å². The summed E-state index contributed by atoms with van der Waals surface area (Å²) < 4.78 is 1.54. The van der Waals surface area contributed by atoms with Crippen molar-refractivity contribution in [1.29, 1.82) is 0 Å². The number of benzene rings is 1. The zero-order chi connectivity index (χ0) is 15.0. The number of hydrogen-bond acceptors (Lipinski definition) is 3. The highest BCUT2D eigenvalue weighted by Gasteiger charge is 2.26. The molecule has 3 rings (SSSR count). The third-order valence-corrected chi connectivity index (χ3v) is 4.22. The number of aromatic amines is 1. The van der Waals surface area contributed by atoms with Gasteiger partial charge in [0.1, 0.15) is 0 Å². The smallest absolute Gasteiger partial charge is 0.326 e. The van der Waals surface area contributed by atoms with E-state index in [2.05, 4.69) is 10.3 Å². The van der Waals surface area contributed by atoms with Crippen LogP contribution >= 0.6 is 0 Å². The van der Waals surface area contributed by atoms with Crippen LogP contribution in [-0.2, 0) is 7.05 Å². The van der Waals surface area contributed by atoms with E-state index >= 15 is 0 Å². The molecule has 0 bridgehead atoms. The summed E-state index contributed by atoms with van der Waals surface area (Å²) in [6.45, 7) is 2.53. The largest absolute Gasteiger partial charge is 0.338 e. The lowest BCUT2D eigenvalue weighted by molar-refractivity contribution is 0.0787. The minimum atomic E-state index is -0.162. The molecule has 0 saturated carbocycles. The van der Waals surface area contributed by atoms with Crippen LogP contribution in [-0.4, -0.2) is 47.0 Å². The first kappa shape index (κ1) is 13.9. The molecule has 6 heteroatoms. The lowest BCUT2D eigenvalue weighted by Gasteiger charge is -2.16. The molecule has 2 aromatic rings. The Balaban J connectivity index is 1.84. The number of fused-ring (bicyclic) bond motifs is 1. The SMILES string of the molecule is CNC[C@@H]1CCN(C(=O)c2ccc3c(c2)[nH]c(=O)n3C)C1. The Kier molecular flexibility index (Phi) is 3.55. The molecule has 6 nitrogen and oxygen atoms in total. The van der Waals surface area contributed by atoms with Crippen LogP contribution in [0.1, 0.15) is 16.8 Å². The summed E-state index contributed by atoms with van der Waals surface area (Å²) in [7, 11) is 3.65. The van der Waals surface area contributed by atoms with Gasteiger partial charge in [0, 0.05) is 25.7 Å². The molecule has 1 aliphatic rings. The van der Waals surface area contributed by atoms with Crippen LogP contribution in [0.4, 0.5) is 0 Å². The minimum absolute atomic E-state index is 0.0419. The Labute approximate surface area is 122 Å². The molecule has 21 heavy (non-hydrogen) atoms. The number of likely N-dealkylation sites (tertiary alicyclic amines) is 1. The summed E-state index contributed by atoms with van der Waals surface area (Å²) in [4.78, 5) is 28.8. The van der Waals surface area contributed by atoms with Gasteiger partial charge in [0.2, 0.25) is 0 Å². The van der Waals surface area contributed by atoms with E-state index < -0.39 is 0 Å². The lowest BCUT2D eigenvalue weighted by Crippen LogP contribution is -2.30. The van der Waals surface area contributed by atoms with Crippen molar-refractivity contribution in [2.24, 2.45) is 13.0 Å². The van der Waals surface area contributed by atoms with Gasteiger partial charge in [0.05, 0.1) is 11.0 Å². The second-order valence-corrected chi connectivity index (χ2v) is 5.68. The molecule has 0 spiro atoms. The Morgan fingerprint density at radius 3 is 3.05 bits per heavy atom. The first-order valence-corrected chi connectivity index (χ1v) is 7.23. The number of imidazole rings is 1. The molecule has 0 radical (unpaired) electrons. The van der Waals surface area contributed by atoms with Crippen molar-refractivity contribution < 1.29 is 4.79 Å². The molecule has 0 aliphatic carbocycles. The molecule has 1 atom stereocenters. The second kappa shape index (κ2) is 5.37. The number of nitrogens with zero attached hydrogens (tertiary/aromatic N) is 2. The maximum atomic E-state index is 12.5. The quantitative estimate of drug-likeness (QED) is 0.866. The summed E-state index contributed by atoms with van der Waals surface area (Å²) in [6.07, 6.45) is 1.04. The summed E-state index contributed by atoms with van der Waals surface area (Å²) in [5.41, 5.74) is 1.99. The molecule has 1 aromatic heterocycles. The highest BCUT2D eigenvalue weighted by molar-refractivity contribution is 5.97. The Morgan fingerprint density at radius 1 is 1.48 bits per heavy atom. The zero-order valence-corrected chi connectivity index (χ0v) is 12.3. The first-order chi connectivity index (χ1) is 10.1. The molecule has 1 aliphatic heterocycles. The van der Waals surface area contributed by atoms with Crippen molar-refractivity contribution in [2.75, 3.05) is 26.7 Å². The molecule has 1 amide bonds. The standard InChI is InChI=1S/C15H20N4O2/c1-16-8-10-5-6-19(9-10)14(20)11-3-4-13-12(7-11)17-15(21)18(13)2/h3-4,7,10,16H,5-6,8-9H2,1-2H3,(H,17,21)/t10-/m0/s1. The zero-order valence-electron chi connectivity index (χ0n) is 12.3. The first-order valence-electron chi connectivity index (χ1n) is 7.23. The van der Waals surface area contributed by atoms with E-state index in [1.807, 2.05) is 18.0 Å². The van der Waals surface area contributed by atoms with E-state index in [0.29, 0.717) is 17.0 Å². The number of rotatable bonds is 3. The molecule has 112 valence electrons. The highest BCUT2D eigenvalue weighted by atomic mass is 16.2. The van der Waals surface area contributed by atoms with Crippen LogP contribution in [0, 0.1) is 5.92 Å². The van der Waals surface area contributed by atoms with Gasteiger partial charge in [0.25, 0.3) is 5.91 Å². The predicted octanol–water partition coefficient (Wildman–Crippen LogP) is 0.548. The second-order valence-electron chi connectivity index (χ2n) is 5.68. The molecular formula is C15H20N4O2. The Bertz CT molecular complexity index is 731.